The topological polar surface area (TPSA) is 155 Å². The van der Waals surface area contributed by atoms with E-state index in [-0.39, 0.29) is 24.7 Å². The summed E-state index contributed by atoms with van der Waals surface area (Å²) in [6.07, 6.45) is 13.5. The number of carbonyl (C=O) groups is 1. The van der Waals surface area contributed by atoms with Crippen molar-refractivity contribution in [1.29, 1.82) is 0 Å². The minimum atomic E-state index is -1.24. The molecule has 1 fully saturated rings. The van der Waals surface area contributed by atoms with E-state index in [0.717, 1.165) is 70.6 Å². The second-order valence-electron chi connectivity index (χ2n) is 12.1. The smallest absolute Gasteiger partial charge is 0.305 e. The number of hydrogen-bond donors (Lipinski definition) is 5. The van der Waals surface area contributed by atoms with Crippen LogP contribution in [-0.4, -0.2) is 101 Å². The predicted molar refractivity (Wildman–Crippen MR) is 161 cm³/mol. The Morgan fingerprint density at radius 1 is 0.738 bits per heavy atom. The van der Waals surface area contributed by atoms with E-state index in [4.69, 9.17) is 24.1 Å². The highest BCUT2D eigenvalue weighted by atomic mass is 16.7. The number of carboxylic acids is 1. The number of unbranched alkanes of at least 4 members (excludes halogenated alkanes) is 12. The van der Waals surface area contributed by atoms with Gasteiger partial charge in [0.05, 0.1) is 31.3 Å². The maximum absolute atomic E-state index is 10.8. The lowest BCUT2D eigenvalue weighted by Gasteiger charge is -2.42. The third-order valence-corrected chi connectivity index (χ3v) is 8.36. The van der Waals surface area contributed by atoms with Crippen LogP contribution in [0.25, 0.3) is 0 Å². The van der Waals surface area contributed by atoms with Gasteiger partial charge in [-0.05, 0) is 32.6 Å². The zero-order valence-corrected chi connectivity index (χ0v) is 26.5. The maximum Gasteiger partial charge on any atom is 0.305 e. The zero-order valence-electron chi connectivity index (χ0n) is 26.5. The summed E-state index contributed by atoms with van der Waals surface area (Å²) in [5, 5.41) is 48.6. The Bertz CT molecular complexity index is 649. The molecule has 1 aliphatic rings. The summed E-state index contributed by atoms with van der Waals surface area (Å²) in [6, 6.07) is 0. The van der Waals surface area contributed by atoms with Crippen LogP contribution in [0.15, 0.2) is 0 Å². The molecule has 8 atom stereocenters. The van der Waals surface area contributed by atoms with Gasteiger partial charge in [0.2, 0.25) is 0 Å². The van der Waals surface area contributed by atoms with Crippen molar-refractivity contribution >= 4 is 5.97 Å². The van der Waals surface area contributed by atoms with Gasteiger partial charge in [0, 0.05) is 14.2 Å². The third-order valence-electron chi connectivity index (χ3n) is 8.36. The number of carboxylic acid groups (broad SMARTS) is 1. The average Bonchev–Trinajstić information content (AvgIpc) is 2.95. The van der Waals surface area contributed by atoms with Crippen LogP contribution in [-0.2, 0) is 23.7 Å². The minimum Gasteiger partial charge on any atom is -0.481 e. The number of aliphatic hydroxyl groups is 4. The SMILES string of the molecule is COC(CCCCCCCCCCCCCC(CCCCCC(C)O)O[C@@H]1O[C@H](CO)[C@@H](O)[C@H](O)[C@H]1OC)CC(=O)O. The van der Waals surface area contributed by atoms with Crippen molar-refractivity contribution in [3.8, 4) is 0 Å². The summed E-state index contributed by atoms with van der Waals surface area (Å²) in [7, 11) is 3.03. The van der Waals surface area contributed by atoms with Crippen LogP contribution in [0.4, 0.5) is 0 Å². The van der Waals surface area contributed by atoms with E-state index < -0.39 is 43.3 Å². The molecule has 0 bridgehead atoms. The van der Waals surface area contributed by atoms with Crippen LogP contribution in [0.5, 0.6) is 0 Å². The summed E-state index contributed by atoms with van der Waals surface area (Å²) in [5.74, 6) is -0.802. The standard InChI is InChI=1S/C32H62O10/c1-24(34)18-14-13-17-20-25(41-32-31(40-3)30(38)29(37)27(23-33)42-32)19-15-11-9-7-5-4-6-8-10-12-16-21-26(39-2)22-28(35)36/h24-27,29-34,37-38H,4-23H2,1-3H3,(H,35,36)/t24?,25?,26?,27-,29-,30+,31-,32-/m1/s1. The Balaban J connectivity index is 2.29. The molecule has 0 aromatic rings. The molecule has 1 saturated heterocycles. The summed E-state index contributed by atoms with van der Waals surface area (Å²) in [5.41, 5.74) is 0. The largest absolute Gasteiger partial charge is 0.481 e. The van der Waals surface area contributed by atoms with Crippen molar-refractivity contribution in [2.24, 2.45) is 0 Å². The van der Waals surface area contributed by atoms with E-state index in [9.17, 15) is 25.2 Å². The van der Waals surface area contributed by atoms with Gasteiger partial charge in [0.1, 0.15) is 24.4 Å². The molecule has 1 heterocycles. The molecule has 42 heavy (non-hydrogen) atoms. The van der Waals surface area contributed by atoms with Crippen molar-refractivity contribution < 1.29 is 49.3 Å². The van der Waals surface area contributed by atoms with Gasteiger partial charge < -0.3 is 44.5 Å². The Morgan fingerprint density at radius 2 is 1.19 bits per heavy atom. The number of ether oxygens (including phenoxy) is 4. The molecule has 1 aliphatic heterocycles. The van der Waals surface area contributed by atoms with E-state index in [0.29, 0.717) is 0 Å². The second kappa shape index (κ2) is 24.5. The number of aliphatic carboxylic acids is 1. The van der Waals surface area contributed by atoms with Crippen molar-refractivity contribution in [1.82, 2.24) is 0 Å². The second-order valence-corrected chi connectivity index (χ2v) is 12.1. The van der Waals surface area contributed by atoms with E-state index in [2.05, 4.69) is 0 Å². The van der Waals surface area contributed by atoms with Crippen LogP contribution < -0.4 is 0 Å². The molecule has 10 heteroatoms. The first-order chi connectivity index (χ1) is 20.2. The number of rotatable bonds is 27. The first-order valence-electron chi connectivity index (χ1n) is 16.5. The molecule has 0 aromatic heterocycles. The Hall–Kier alpha value is -0.850. The lowest BCUT2D eigenvalue weighted by Crippen LogP contribution is -2.60. The Labute approximate surface area is 254 Å². The minimum absolute atomic E-state index is 0.0794. The highest BCUT2D eigenvalue weighted by molar-refractivity contribution is 5.67. The van der Waals surface area contributed by atoms with Gasteiger partial charge in [0.15, 0.2) is 6.29 Å². The van der Waals surface area contributed by atoms with Crippen LogP contribution in [0.2, 0.25) is 0 Å². The number of hydrogen-bond acceptors (Lipinski definition) is 9. The van der Waals surface area contributed by atoms with Gasteiger partial charge in [-0.15, -0.1) is 0 Å². The van der Waals surface area contributed by atoms with Gasteiger partial charge in [-0.2, -0.15) is 0 Å². The van der Waals surface area contributed by atoms with Crippen molar-refractivity contribution in [3.63, 3.8) is 0 Å². The monoisotopic (exact) mass is 606 g/mol. The molecule has 0 aromatic carbocycles. The number of aliphatic hydroxyl groups excluding tert-OH is 4. The highest BCUT2D eigenvalue weighted by Crippen LogP contribution is 2.27. The van der Waals surface area contributed by atoms with Crippen LogP contribution >= 0.6 is 0 Å². The fourth-order valence-corrected chi connectivity index (χ4v) is 5.71. The molecular weight excluding hydrogens is 544 g/mol. The molecule has 0 aliphatic carbocycles. The molecule has 0 radical (unpaired) electrons. The van der Waals surface area contributed by atoms with Crippen molar-refractivity contribution in [2.75, 3.05) is 20.8 Å². The molecule has 0 spiro atoms. The summed E-state index contributed by atoms with van der Waals surface area (Å²) in [4.78, 5) is 10.8. The summed E-state index contributed by atoms with van der Waals surface area (Å²) < 4.78 is 22.7. The summed E-state index contributed by atoms with van der Waals surface area (Å²) >= 11 is 0. The van der Waals surface area contributed by atoms with Gasteiger partial charge >= 0.3 is 5.97 Å². The fourth-order valence-electron chi connectivity index (χ4n) is 5.71. The lowest BCUT2D eigenvalue weighted by atomic mass is 9.98. The lowest BCUT2D eigenvalue weighted by molar-refractivity contribution is -0.316. The molecule has 0 saturated carbocycles. The van der Waals surface area contributed by atoms with Crippen LogP contribution in [0.3, 0.4) is 0 Å². The molecule has 1 rings (SSSR count). The Kier molecular flexibility index (Phi) is 22.8. The van der Waals surface area contributed by atoms with Crippen molar-refractivity contribution in [3.05, 3.63) is 0 Å². The van der Waals surface area contributed by atoms with Gasteiger partial charge in [-0.25, -0.2) is 0 Å². The van der Waals surface area contributed by atoms with E-state index in [1.165, 1.54) is 52.1 Å². The van der Waals surface area contributed by atoms with Gasteiger partial charge in [-0.3, -0.25) is 4.79 Å². The maximum atomic E-state index is 10.8. The predicted octanol–water partition coefficient (Wildman–Crippen LogP) is 4.72. The first kappa shape index (κ1) is 39.2. The zero-order chi connectivity index (χ0) is 31.2. The first-order valence-corrected chi connectivity index (χ1v) is 16.5. The highest BCUT2D eigenvalue weighted by Gasteiger charge is 2.45. The molecule has 5 N–H and O–H groups in total. The van der Waals surface area contributed by atoms with E-state index >= 15 is 0 Å². The molecule has 0 amide bonds. The third kappa shape index (κ3) is 17.4. The van der Waals surface area contributed by atoms with Crippen LogP contribution in [0, 0.1) is 0 Å². The Morgan fingerprint density at radius 3 is 1.62 bits per heavy atom. The van der Waals surface area contributed by atoms with Gasteiger partial charge in [-0.1, -0.05) is 89.9 Å². The fraction of sp³-hybridized carbons (Fsp3) is 0.969. The number of methoxy groups -OCH3 is 2. The molecule has 3 unspecified atom stereocenters. The van der Waals surface area contributed by atoms with Crippen molar-refractivity contribution in [2.45, 2.75) is 178 Å². The van der Waals surface area contributed by atoms with Crippen LogP contribution in [0.1, 0.15) is 129 Å². The van der Waals surface area contributed by atoms with E-state index in [1.54, 1.807) is 7.11 Å². The molecule has 250 valence electrons. The quantitative estimate of drug-likeness (QED) is 0.0830. The molecule has 10 nitrogen and oxygen atoms in total. The van der Waals surface area contributed by atoms with Gasteiger partial charge in [0.25, 0.3) is 0 Å². The average molecular weight is 607 g/mol. The van der Waals surface area contributed by atoms with E-state index in [1.807, 2.05) is 6.92 Å². The molecular formula is C32H62O10. The normalized spacial score (nSPS) is 24.9. The summed E-state index contributed by atoms with van der Waals surface area (Å²) in [6.45, 7) is 1.39.